The quantitative estimate of drug-likeness (QED) is 0.199. The monoisotopic (exact) mass is 534 g/mol. The smallest absolute Gasteiger partial charge is 0.238 e. The molecule has 0 aliphatic carbocycles. The van der Waals surface area contributed by atoms with Gasteiger partial charge in [0.05, 0.1) is 17.3 Å². The molecule has 3 nitrogen and oxygen atoms in total. The molecule has 0 aliphatic rings. The third kappa shape index (κ3) is 5.99. The van der Waals surface area contributed by atoms with Gasteiger partial charge in [0.15, 0.2) is 0 Å². The predicted octanol–water partition coefficient (Wildman–Crippen LogP) is 9.28. The molecule has 39 heavy (non-hydrogen) atoms. The normalized spacial score (nSPS) is 11.9. The molecule has 0 fully saturated rings. The molecular formula is C34H31FN2OS. The van der Waals surface area contributed by atoms with Gasteiger partial charge in [0.25, 0.3) is 0 Å². The highest BCUT2D eigenvalue weighted by Gasteiger charge is 2.27. The molecule has 0 spiro atoms. The van der Waals surface area contributed by atoms with Crippen LogP contribution in [0.5, 0.6) is 0 Å². The Morgan fingerprint density at radius 1 is 0.846 bits per heavy atom. The Balaban J connectivity index is 1.53. The number of aromatic nitrogens is 1. The van der Waals surface area contributed by atoms with Crippen molar-refractivity contribution in [3.63, 3.8) is 0 Å². The lowest BCUT2D eigenvalue weighted by atomic mass is 9.95. The van der Waals surface area contributed by atoms with Crippen LogP contribution in [-0.2, 0) is 11.2 Å². The molecule has 0 saturated heterocycles. The summed E-state index contributed by atoms with van der Waals surface area (Å²) in [4.78, 5) is 20.9. The van der Waals surface area contributed by atoms with Crippen molar-refractivity contribution in [2.45, 2.75) is 33.1 Å². The number of hydrogen-bond acceptors (Lipinski definition) is 3. The minimum Gasteiger partial charge on any atom is -0.280 e. The van der Waals surface area contributed by atoms with Crippen molar-refractivity contribution in [3.8, 4) is 21.8 Å². The van der Waals surface area contributed by atoms with Gasteiger partial charge in [0, 0.05) is 22.2 Å². The maximum absolute atomic E-state index is 14.2. The zero-order valence-electron chi connectivity index (χ0n) is 22.3. The first kappa shape index (κ1) is 26.5. The molecule has 0 bridgehead atoms. The van der Waals surface area contributed by atoms with Crippen LogP contribution in [0.2, 0.25) is 0 Å². The molecule has 0 radical (unpaired) electrons. The van der Waals surface area contributed by atoms with Crippen LogP contribution < -0.4 is 4.90 Å². The van der Waals surface area contributed by atoms with Crippen molar-refractivity contribution in [2.24, 2.45) is 5.92 Å². The van der Waals surface area contributed by atoms with Crippen molar-refractivity contribution in [1.29, 1.82) is 0 Å². The molecule has 5 aromatic rings. The minimum atomic E-state index is -0.350. The molecule has 1 atom stereocenters. The van der Waals surface area contributed by atoms with Gasteiger partial charge in [-0.1, -0.05) is 68.4 Å². The maximum atomic E-state index is 14.2. The Morgan fingerprint density at radius 2 is 1.51 bits per heavy atom. The van der Waals surface area contributed by atoms with Crippen LogP contribution in [0.25, 0.3) is 21.8 Å². The number of thiazole rings is 1. The summed E-state index contributed by atoms with van der Waals surface area (Å²) in [5.74, 6) is -0.0623. The van der Waals surface area contributed by atoms with Crippen molar-refractivity contribution in [3.05, 3.63) is 125 Å². The molecule has 196 valence electrons. The number of benzene rings is 4. The average molecular weight is 535 g/mol. The molecule has 0 saturated carbocycles. The van der Waals surface area contributed by atoms with E-state index in [0.29, 0.717) is 5.92 Å². The van der Waals surface area contributed by atoms with E-state index < -0.39 is 0 Å². The predicted molar refractivity (Wildman–Crippen MR) is 160 cm³/mol. The lowest BCUT2D eigenvalue weighted by molar-refractivity contribution is -0.119. The highest BCUT2D eigenvalue weighted by molar-refractivity contribution is 7.13. The van der Waals surface area contributed by atoms with Crippen molar-refractivity contribution in [1.82, 2.24) is 4.98 Å². The first-order valence-corrected chi connectivity index (χ1v) is 14.1. The summed E-state index contributed by atoms with van der Waals surface area (Å²) >= 11 is 1.51. The van der Waals surface area contributed by atoms with E-state index in [1.165, 1.54) is 29.0 Å². The minimum absolute atomic E-state index is 0.0134. The second-order valence-corrected chi connectivity index (χ2v) is 11.0. The van der Waals surface area contributed by atoms with Crippen molar-refractivity contribution >= 4 is 28.6 Å². The SMILES string of the molecule is CC(C)Cc1ccc(C(C)C(=O)N(c2ccccc2)c2ccccc2-c2nc(-c3ccc(F)cc3)cs2)cc1. The second-order valence-electron chi connectivity index (χ2n) is 10.1. The molecule has 1 aromatic heterocycles. The van der Waals surface area contributed by atoms with Crippen LogP contribution in [0.4, 0.5) is 15.8 Å². The van der Waals surface area contributed by atoms with Crippen LogP contribution in [-0.4, -0.2) is 10.9 Å². The lowest BCUT2D eigenvalue weighted by Gasteiger charge is -2.28. The van der Waals surface area contributed by atoms with Gasteiger partial charge in [-0.15, -0.1) is 11.3 Å². The molecule has 5 heteroatoms. The number of anilines is 2. The third-order valence-electron chi connectivity index (χ3n) is 6.75. The summed E-state index contributed by atoms with van der Waals surface area (Å²) in [5, 5.41) is 2.76. The van der Waals surface area contributed by atoms with Crippen LogP contribution >= 0.6 is 11.3 Å². The first-order chi connectivity index (χ1) is 18.9. The molecular weight excluding hydrogens is 503 g/mol. The Hall–Kier alpha value is -4.09. The molecule has 0 N–H and O–H groups in total. The molecule has 4 aromatic carbocycles. The van der Waals surface area contributed by atoms with Gasteiger partial charge in [0.1, 0.15) is 10.8 Å². The Bertz CT molecular complexity index is 1540. The lowest BCUT2D eigenvalue weighted by Crippen LogP contribution is -2.30. The van der Waals surface area contributed by atoms with E-state index in [0.717, 1.165) is 45.2 Å². The number of halogens is 1. The summed E-state index contributed by atoms with van der Waals surface area (Å²) in [7, 11) is 0. The van der Waals surface area contributed by atoms with Crippen LogP contribution in [0.1, 0.15) is 37.8 Å². The zero-order chi connectivity index (χ0) is 27.4. The second kappa shape index (κ2) is 11.7. The van der Waals surface area contributed by atoms with Gasteiger partial charge >= 0.3 is 0 Å². The number of amides is 1. The Labute approximate surface area is 233 Å². The fraction of sp³-hybridized carbons (Fsp3) is 0.176. The van der Waals surface area contributed by atoms with E-state index in [1.807, 2.05) is 66.9 Å². The van der Waals surface area contributed by atoms with E-state index >= 15 is 0 Å². The molecule has 1 unspecified atom stereocenters. The van der Waals surface area contributed by atoms with Crippen molar-refractivity contribution in [2.75, 3.05) is 4.90 Å². The standard InChI is InChI=1S/C34H31FN2OS/c1-23(2)21-25-13-15-26(16-14-25)24(3)34(38)37(29-9-5-4-6-10-29)32-12-8-7-11-30(32)33-36-31(22-39-33)27-17-19-28(35)20-18-27/h4-20,22-24H,21H2,1-3H3. The highest BCUT2D eigenvalue weighted by Crippen LogP contribution is 2.39. The largest absolute Gasteiger partial charge is 0.280 e. The van der Waals surface area contributed by atoms with Gasteiger partial charge in [0.2, 0.25) is 5.91 Å². The number of rotatable bonds is 8. The van der Waals surface area contributed by atoms with E-state index in [4.69, 9.17) is 4.98 Å². The van der Waals surface area contributed by atoms with Gasteiger partial charge in [-0.05, 0) is 78.9 Å². The number of carbonyl (C=O) groups is 1. The fourth-order valence-electron chi connectivity index (χ4n) is 4.71. The number of hydrogen-bond donors (Lipinski definition) is 0. The van der Waals surface area contributed by atoms with Gasteiger partial charge in [-0.2, -0.15) is 0 Å². The molecule has 5 rings (SSSR count). The van der Waals surface area contributed by atoms with Gasteiger partial charge < -0.3 is 0 Å². The van der Waals surface area contributed by atoms with E-state index in [-0.39, 0.29) is 17.6 Å². The van der Waals surface area contributed by atoms with Crippen LogP contribution in [0.3, 0.4) is 0 Å². The Kier molecular flexibility index (Phi) is 7.99. The van der Waals surface area contributed by atoms with Gasteiger partial charge in [-0.25, -0.2) is 9.37 Å². The number of para-hydroxylation sites is 2. The molecule has 1 amide bonds. The maximum Gasteiger partial charge on any atom is 0.238 e. The number of nitrogens with zero attached hydrogens (tertiary/aromatic N) is 2. The topological polar surface area (TPSA) is 33.2 Å². The van der Waals surface area contributed by atoms with Crippen LogP contribution in [0.15, 0.2) is 109 Å². The Morgan fingerprint density at radius 3 is 2.21 bits per heavy atom. The summed E-state index contributed by atoms with van der Waals surface area (Å²) in [6, 6.07) is 32.4. The summed E-state index contributed by atoms with van der Waals surface area (Å²) < 4.78 is 13.5. The number of carbonyl (C=O) groups excluding carboxylic acids is 1. The molecule has 0 aliphatic heterocycles. The van der Waals surface area contributed by atoms with E-state index in [1.54, 1.807) is 17.0 Å². The summed E-state index contributed by atoms with van der Waals surface area (Å²) in [6.45, 7) is 6.38. The van der Waals surface area contributed by atoms with Crippen molar-refractivity contribution < 1.29 is 9.18 Å². The van der Waals surface area contributed by atoms with E-state index in [2.05, 4.69) is 38.1 Å². The molecule has 1 heterocycles. The summed E-state index contributed by atoms with van der Waals surface area (Å²) in [6.07, 6.45) is 1.01. The zero-order valence-corrected chi connectivity index (χ0v) is 23.2. The van der Waals surface area contributed by atoms with Gasteiger partial charge in [-0.3, -0.25) is 9.69 Å². The average Bonchev–Trinajstić information content (AvgIpc) is 3.44. The fourth-order valence-corrected chi connectivity index (χ4v) is 5.57. The van der Waals surface area contributed by atoms with E-state index in [9.17, 15) is 9.18 Å². The summed E-state index contributed by atoms with van der Waals surface area (Å²) in [5.41, 5.74) is 6.33. The first-order valence-electron chi connectivity index (χ1n) is 13.2. The van der Waals surface area contributed by atoms with Crippen LogP contribution in [0, 0.1) is 11.7 Å². The third-order valence-corrected chi connectivity index (χ3v) is 7.62. The highest BCUT2D eigenvalue weighted by atomic mass is 32.1.